The van der Waals surface area contributed by atoms with Crippen LogP contribution in [0.25, 0.3) is 0 Å². The Kier molecular flexibility index (Phi) is 3.49. The Labute approximate surface area is 98.3 Å². The molecule has 0 aliphatic rings. The Hall–Kier alpha value is -2.18. The summed E-state index contributed by atoms with van der Waals surface area (Å²) in [7, 11) is 0. The van der Waals surface area contributed by atoms with Crippen LogP contribution in [0.1, 0.15) is 22.9 Å². The minimum Gasteiger partial charge on any atom is -0.349 e. The number of aryl methyl sites for hydroxylation is 2. The third-order valence-corrected chi connectivity index (χ3v) is 2.24. The van der Waals surface area contributed by atoms with E-state index in [4.69, 9.17) is 0 Å². The zero-order chi connectivity index (χ0) is 12.1. The molecule has 0 aromatic carbocycles. The number of hydrogen-bond donors (Lipinski definition) is 2. The van der Waals surface area contributed by atoms with Crippen molar-refractivity contribution in [1.82, 2.24) is 30.0 Å². The van der Waals surface area contributed by atoms with Crippen LogP contribution < -0.4 is 5.32 Å². The normalized spacial score (nSPS) is 10.4. The van der Waals surface area contributed by atoms with E-state index in [0.717, 1.165) is 13.0 Å². The van der Waals surface area contributed by atoms with Crippen LogP contribution in [0, 0.1) is 6.92 Å². The molecule has 0 aliphatic carbocycles. The van der Waals surface area contributed by atoms with Gasteiger partial charge >= 0.3 is 0 Å². The van der Waals surface area contributed by atoms with Crippen LogP contribution in [0.4, 0.5) is 0 Å². The Morgan fingerprint density at radius 2 is 2.47 bits per heavy atom. The van der Waals surface area contributed by atoms with Crippen molar-refractivity contribution in [2.45, 2.75) is 19.9 Å². The van der Waals surface area contributed by atoms with E-state index in [9.17, 15) is 4.79 Å². The number of aromatic amines is 1. The van der Waals surface area contributed by atoms with Crippen LogP contribution >= 0.6 is 0 Å². The summed E-state index contributed by atoms with van der Waals surface area (Å²) in [5, 5.41) is 9.17. The van der Waals surface area contributed by atoms with E-state index >= 15 is 0 Å². The first-order chi connectivity index (χ1) is 8.25. The molecule has 2 aromatic rings. The molecule has 0 saturated heterocycles. The second kappa shape index (κ2) is 5.24. The van der Waals surface area contributed by atoms with Gasteiger partial charge in [0.1, 0.15) is 5.82 Å². The largest absolute Gasteiger partial charge is 0.349 e. The standard InChI is InChI=1S/C10H14N6O/c1-8-13-9(15-14-8)10(17)12-3-2-5-16-6-4-11-7-16/h4,6-7H,2-3,5H2,1H3,(H,12,17)(H,13,14,15). The number of carbonyl (C=O) groups excluding carboxylic acids is 1. The van der Waals surface area contributed by atoms with Gasteiger partial charge < -0.3 is 9.88 Å². The van der Waals surface area contributed by atoms with Crippen LogP contribution in [0.15, 0.2) is 18.7 Å². The lowest BCUT2D eigenvalue weighted by Gasteiger charge is -2.03. The lowest BCUT2D eigenvalue weighted by atomic mass is 10.4. The molecule has 0 aliphatic heterocycles. The quantitative estimate of drug-likeness (QED) is 0.720. The number of hydrogen-bond acceptors (Lipinski definition) is 4. The van der Waals surface area contributed by atoms with Crippen molar-refractivity contribution >= 4 is 5.91 Å². The van der Waals surface area contributed by atoms with Crippen molar-refractivity contribution in [3.8, 4) is 0 Å². The summed E-state index contributed by atoms with van der Waals surface area (Å²) >= 11 is 0. The summed E-state index contributed by atoms with van der Waals surface area (Å²) in [5.74, 6) is 0.568. The van der Waals surface area contributed by atoms with Gasteiger partial charge in [-0.25, -0.2) is 9.97 Å². The summed E-state index contributed by atoms with van der Waals surface area (Å²) in [6.45, 7) is 3.17. The smallest absolute Gasteiger partial charge is 0.290 e. The van der Waals surface area contributed by atoms with Crippen molar-refractivity contribution in [1.29, 1.82) is 0 Å². The molecule has 0 radical (unpaired) electrons. The van der Waals surface area contributed by atoms with Gasteiger partial charge in [0.2, 0.25) is 5.82 Å². The molecule has 0 atom stereocenters. The van der Waals surface area contributed by atoms with E-state index in [1.165, 1.54) is 0 Å². The molecule has 2 aromatic heterocycles. The maximum Gasteiger partial charge on any atom is 0.290 e. The number of nitrogens with zero attached hydrogens (tertiary/aromatic N) is 4. The Morgan fingerprint density at radius 1 is 1.59 bits per heavy atom. The van der Waals surface area contributed by atoms with Crippen LogP contribution in [0.3, 0.4) is 0 Å². The minimum absolute atomic E-state index is 0.185. The summed E-state index contributed by atoms with van der Waals surface area (Å²) < 4.78 is 1.96. The average molecular weight is 234 g/mol. The molecule has 0 unspecified atom stereocenters. The fraction of sp³-hybridized carbons (Fsp3) is 0.400. The van der Waals surface area contributed by atoms with Crippen molar-refractivity contribution in [3.05, 3.63) is 30.4 Å². The number of nitrogens with one attached hydrogen (secondary N) is 2. The number of imidazole rings is 1. The Balaban J connectivity index is 1.70. The third-order valence-electron chi connectivity index (χ3n) is 2.24. The summed E-state index contributed by atoms with van der Waals surface area (Å²) in [6.07, 6.45) is 6.21. The summed E-state index contributed by atoms with van der Waals surface area (Å²) in [5.41, 5.74) is 0. The number of H-pyrrole nitrogens is 1. The van der Waals surface area contributed by atoms with E-state index in [1.807, 2.05) is 10.8 Å². The van der Waals surface area contributed by atoms with Gasteiger partial charge in [-0.05, 0) is 13.3 Å². The minimum atomic E-state index is -0.250. The van der Waals surface area contributed by atoms with E-state index in [-0.39, 0.29) is 11.7 Å². The van der Waals surface area contributed by atoms with Gasteiger partial charge in [-0.15, -0.1) is 5.10 Å². The van der Waals surface area contributed by atoms with Gasteiger partial charge in [0.15, 0.2) is 0 Å². The molecule has 2 heterocycles. The number of aromatic nitrogens is 5. The highest BCUT2D eigenvalue weighted by molar-refractivity contribution is 5.90. The molecule has 2 rings (SSSR count). The average Bonchev–Trinajstić information content (AvgIpc) is 2.95. The molecular formula is C10H14N6O. The maximum atomic E-state index is 11.5. The number of rotatable bonds is 5. The first-order valence-electron chi connectivity index (χ1n) is 5.38. The fourth-order valence-electron chi connectivity index (χ4n) is 1.41. The molecule has 17 heavy (non-hydrogen) atoms. The topological polar surface area (TPSA) is 88.5 Å². The van der Waals surface area contributed by atoms with Crippen LogP contribution in [-0.2, 0) is 6.54 Å². The summed E-state index contributed by atoms with van der Waals surface area (Å²) in [6, 6.07) is 0. The van der Waals surface area contributed by atoms with Gasteiger partial charge in [-0.2, -0.15) is 0 Å². The number of amides is 1. The second-order valence-corrected chi connectivity index (χ2v) is 3.65. The maximum absolute atomic E-state index is 11.5. The van der Waals surface area contributed by atoms with Gasteiger partial charge in [-0.3, -0.25) is 9.89 Å². The Morgan fingerprint density at radius 3 is 3.12 bits per heavy atom. The monoisotopic (exact) mass is 234 g/mol. The first-order valence-corrected chi connectivity index (χ1v) is 5.38. The fourth-order valence-corrected chi connectivity index (χ4v) is 1.41. The molecule has 2 N–H and O–H groups in total. The van der Waals surface area contributed by atoms with Crippen molar-refractivity contribution in [3.63, 3.8) is 0 Å². The van der Waals surface area contributed by atoms with E-state index in [0.29, 0.717) is 12.4 Å². The first kappa shape index (κ1) is 11.3. The van der Waals surface area contributed by atoms with Crippen LogP contribution in [-0.4, -0.2) is 37.2 Å². The molecule has 7 heteroatoms. The molecule has 0 fully saturated rings. The van der Waals surface area contributed by atoms with Gasteiger partial charge in [0, 0.05) is 25.5 Å². The summed E-state index contributed by atoms with van der Waals surface area (Å²) in [4.78, 5) is 19.4. The molecule has 0 spiro atoms. The third kappa shape index (κ3) is 3.13. The molecule has 1 amide bonds. The molecule has 0 saturated carbocycles. The lowest BCUT2D eigenvalue weighted by molar-refractivity contribution is 0.0942. The molecule has 0 bridgehead atoms. The zero-order valence-electron chi connectivity index (χ0n) is 9.55. The van der Waals surface area contributed by atoms with Crippen LogP contribution in [0.2, 0.25) is 0 Å². The SMILES string of the molecule is Cc1nc(C(=O)NCCCn2ccnc2)n[nH]1. The van der Waals surface area contributed by atoms with Gasteiger partial charge in [0.25, 0.3) is 5.91 Å². The van der Waals surface area contributed by atoms with Gasteiger partial charge in [-0.1, -0.05) is 0 Å². The van der Waals surface area contributed by atoms with E-state index < -0.39 is 0 Å². The second-order valence-electron chi connectivity index (χ2n) is 3.65. The van der Waals surface area contributed by atoms with E-state index in [1.54, 1.807) is 19.4 Å². The Bertz CT molecular complexity index is 475. The highest BCUT2D eigenvalue weighted by atomic mass is 16.2. The predicted molar refractivity (Wildman–Crippen MR) is 60.3 cm³/mol. The van der Waals surface area contributed by atoms with Gasteiger partial charge in [0.05, 0.1) is 6.33 Å². The molecule has 90 valence electrons. The van der Waals surface area contributed by atoms with Crippen molar-refractivity contribution in [2.75, 3.05) is 6.54 Å². The molecular weight excluding hydrogens is 220 g/mol. The highest BCUT2D eigenvalue weighted by Crippen LogP contribution is 1.92. The molecule has 7 nitrogen and oxygen atoms in total. The van der Waals surface area contributed by atoms with E-state index in [2.05, 4.69) is 25.5 Å². The highest BCUT2D eigenvalue weighted by Gasteiger charge is 2.09. The zero-order valence-corrected chi connectivity index (χ0v) is 9.55. The lowest BCUT2D eigenvalue weighted by Crippen LogP contribution is -2.26. The predicted octanol–water partition coefficient (Wildman–Crippen LogP) is 0.130. The van der Waals surface area contributed by atoms with Crippen molar-refractivity contribution < 1.29 is 4.79 Å². The van der Waals surface area contributed by atoms with Crippen molar-refractivity contribution in [2.24, 2.45) is 0 Å². The number of carbonyl (C=O) groups is 1. The van der Waals surface area contributed by atoms with Crippen LogP contribution in [0.5, 0.6) is 0 Å².